The van der Waals surface area contributed by atoms with Gasteiger partial charge in [-0.1, -0.05) is 0 Å². The van der Waals surface area contributed by atoms with Crippen molar-refractivity contribution >= 4 is 22.9 Å². The fourth-order valence-electron chi connectivity index (χ4n) is 1.18. The Bertz CT molecular complexity index is 142. The normalized spacial score (nSPS) is 21.5. The van der Waals surface area contributed by atoms with Gasteiger partial charge in [-0.15, -0.1) is 0 Å². The molecule has 72 valence electrons. The Morgan fingerprint density at radius 1 is 1.58 bits per heavy atom. The lowest BCUT2D eigenvalue weighted by atomic mass is 9.98. The molecule has 1 aliphatic heterocycles. The molecule has 3 nitrogen and oxygen atoms in total. The lowest BCUT2D eigenvalue weighted by molar-refractivity contribution is -0.0729. The van der Waals surface area contributed by atoms with Gasteiger partial charge in [-0.05, 0) is 20.9 Å². The summed E-state index contributed by atoms with van der Waals surface area (Å²) in [7, 11) is 2.15. The Balaban J connectivity index is 2.37. The lowest BCUT2D eigenvalue weighted by Gasteiger charge is -2.43. The maximum atomic E-state index is 5.22. The molecule has 0 aromatic carbocycles. The minimum Gasteiger partial charge on any atom is -0.377 e. The van der Waals surface area contributed by atoms with Crippen LogP contribution in [-0.4, -0.2) is 43.3 Å². The number of hydrogen-bond acceptors (Lipinski definition) is 3. The molecule has 12 heavy (non-hydrogen) atoms. The van der Waals surface area contributed by atoms with E-state index in [1.807, 2.05) is 0 Å². The largest absolute Gasteiger partial charge is 0.377 e. The van der Waals surface area contributed by atoms with E-state index >= 15 is 0 Å². The van der Waals surface area contributed by atoms with Gasteiger partial charge in [-0.3, -0.25) is 0 Å². The molecular weight excluding hydrogens is 267 g/mol. The topological polar surface area (TPSA) is 24.5 Å². The molecule has 1 fully saturated rings. The lowest BCUT2D eigenvalue weighted by Crippen LogP contribution is -2.63. The highest BCUT2D eigenvalue weighted by Gasteiger charge is 2.38. The Morgan fingerprint density at radius 2 is 2.17 bits per heavy atom. The maximum absolute atomic E-state index is 5.22. The molecule has 1 saturated heterocycles. The van der Waals surface area contributed by atoms with E-state index < -0.39 is 0 Å². The number of halogens is 1. The molecule has 0 bridgehead atoms. The standard InChI is InChI=1S/C8H17IN2O/c1-7(2)11(3)4-8(10-9)5-12-6-8/h7,10H,4-6H2,1-3H3. The van der Waals surface area contributed by atoms with Gasteiger partial charge in [-0.2, -0.15) is 0 Å². The number of likely N-dealkylation sites (N-methyl/N-ethyl adjacent to an activating group) is 1. The first-order valence-electron chi connectivity index (χ1n) is 4.25. The predicted octanol–water partition coefficient (Wildman–Crippen LogP) is 1.04. The van der Waals surface area contributed by atoms with Crippen LogP contribution in [0, 0.1) is 0 Å². The van der Waals surface area contributed by atoms with E-state index in [0.717, 1.165) is 19.8 Å². The number of nitrogens with zero attached hydrogens (tertiary/aromatic N) is 1. The summed E-state index contributed by atoms with van der Waals surface area (Å²) in [6.45, 7) is 7.16. The molecule has 1 rings (SSSR count). The molecular formula is C8H17IN2O. The molecule has 0 aromatic heterocycles. The molecule has 4 heteroatoms. The second kappa shape index (κ2) is 4.21. The molecule has 0 radical (unpaired) electrons. The first kappa shape index (κ1) is 10.7. The van der Waals surface area contributed by atoms with E-state index in [9.17, 15) is 0 Å². The Kier molecular flexibility index (Phi) is 3.75. The van der Waals surface area contributed by atoms with Gasteiger partial charge in [0.05, 0.1) is 18.8 Å². The van der Waals surface area contributed by atoms with E-state index in [1.165, 1.54) is 0 Å². The minimum absolute atomic E-state index is 0.208. The number of nitrogens with one attached hydrogen (secondary N) is 1. The molecule has 0 saturated carbocycles. The summed E-state index contributed by atoms with van der Waals surface area (Å²) in [5, 5.41) is 0. The molecule has 0 aliphatic carbocycles. The molecule has 0 aromatic rings. The Labute approximate surface area is 88.3 Å². The van der Waals surface area contributed by atoms with E-state index in [0.29, 0.717) is 6.04 Å². The van der Waals surface area contributed by atoms with E-state index in [2.05, 4.69) is 52.2 Å². The molecule has 1 aliphatic rings. The van der Waals surface area contributed by atoms with Gasteiger partial charge in [0.1, 0.15) is 0 Å². The van der Waals surface area contributed by atoms with Crippen LogP contribution in [0.1, 0.15) is 13.8 Å². The summed E-state index contributed by atoms with van der Waals surface area (Å²) in [5.41, 5.74) is 0.208. The molecule has 1 N–H and O–H groups in total. The van der Waals surface area contributed by atoms with Crippen LogP contribution in [0.4, 0.5) is 0 Å². The highest BCUT2D eigenvalue weighted by Crippen LogP contribution is 2.20. The maximum Gasteiger partial charge on any atom is 0.0866 e. The van der Waals surface area contributed by atoms with E-state index in [-0.39, 0.29) is 5.54 Å². The second-order valence-corrected chi connectivity index (χ2v) is 4.42. The third kappa shape index (κ3) is 2.31. The van der Waals surface area contributed by atoms with Crippen molar-refractivity contribution in [2.75, 3.05) is 26.8 Å². The van der Waals surface area contributed by atoms with E-state index in [1.54, 1.807) is 0 Å². The van der Waals surface area contributed by atoms with Crippen LogP contribution in [0.25, 0.3) is 0 Å². The first-order valence-corrected chi connectivity index (χ1v) is 5.33. The number of rotatable bonds is 4. The summed E-state index contributed by atoms with van der Waals surface area (Å²) >= 11 is 2.22. The van der Waals surface area contributed by atoms with Gasteiger partial charge >= 0.3 is 0 Å². The van der Waals surface area contributed by atoms with Crippen LogP contribution in [-0.2, 0) is 4.74 Å². The van der Waals surface area contributed by atoms with Gasteiger partial charge < -0.3 is 9.64 Å². The van der Waals surface area contributed by atoms with Crippen LogP contribution in [0.15, 0.2) is 0 Å². The zero-order valence-corrected chi connectivity index (χ0v) is 10.1. The summed E-state index contributed by atoms with van der Waals surface area (Å²) < 4.78 is 8.52. The zero-order valence-electron chi connectivity index (χ0n) is 7.93. The third-order valence-electron chi connectivity index (χ3n) is 2.39. The molecule has 0 spiro atoms. The monoisotopic (exact) mass is 284 g/mol. The third-order valence-corrected chi connectivity index (χ3v) is 3.53. The average Bonchev–Trinajstić information content (AvgIpc) is 1.96. The van der Waals surface area contributed by atoms with Crippen LogP contribution in [0.2, 0.25) is 0 Å². The van der Waals surface area contributed by atoms with Gasteiger partial charge in [0, 0.05) is 35.5 Å². The van der Waals surface area contributed by atoms with Gasteiger partial charge in [0.25, 0.3) is 0 Å². The second-order valence-electron chi connectivity index (χ2n) is 3.88. The van der Waals surface area contributed by atoms with Crippen LogP contribution < -0.4 is 3.53 Å². The van der Waals surface area contributed by atoms with Crippen molar-refractivity contribution in [2.45, 2.75) is 25.4 Å². The van der Waals surface area contributed by atoms with Crippen molar-refractivity contribution in [1.29, 1.82) is 0 Å². The fourth-order valence-corrected chi connectivity index (χ4v) is 1.67. The van der Waals surface area contributed by atoms with Crippen LogP contribution in [0.5, 0.6) is 0 Å². The van der Waals surface area contributed by atoms with Crippen LogP contribution >= 0.6 is 22.9 Å². The van der Waals surface area contributed by atoms with Gasteiger partial charge in [-0.25, -0.2) is 3.53 Å². The van der Waals surface area contributed by atoms with Crippen molar-refractivity contribution in [3.63, 3.8) is 0 Å². The summed E-state index contributed by atoms with van der Waals surface area (Å²) in [5.74, 6) is 0. The van der Waals surface area contributed by atoms with Crippen LogP contribution in [0.3, 0.4) is 0 Å². The smallest absolute Gasteiger partial charge is 0.0866 e. The van der Waals surface area contributed by atoms with Gasteiger partial charge in [0.2, 0.25) is 0 Å². The van der Waals surface area contributed by atoms with Crippen molar-refractivity contribution in [2.24, 2.45) is 0 Å². The Morgan fingerprint density at radius 3 is 2.42 bits per heavy atom. The van der Waals surface area contributed by atoms with Crippen molar-refractivity contribution in [3.8, 4) is 0 Å². The summed E-state index contributed by atoms with van der Waals surface area (Å²) in [6, 6.07) is 0.604. The highest BCUT2D eigenvalue weighted by atomic mass is 127. The van der Waals surface area contributed by atoms with E-state index in [4.69, 9.17) is 4.74 Å². The first-order chi connectivity index (χ1) is 5.59. The van der Waals surface area contributed by atoms with Crippen molar-refractivity contribution < 1.29 is 4.74 Å². The van der Waals surface area contributed by atoms with Crippen molar-refractivity contribution in [1.82, 2.24) is 8.43 Å². The highest BCUT2D eigenvalue weighted by molar-refractivity contribution is 14.1. The molecule has 0 unspecified atom stereocenters. The quantitative estimate of drug-likeness (QED) is 0.616. The summed E-state index contributed by atoms with van der Waals surface area (Å²) in [6.07, 6.45) is 0. The number of ether oxygens (including phenoxy) is 1. The zero-order chi connectivity index (χ0) is 9.19. The number of hydrogen-bond donors (Lipinski definition) is 1. The SMILES string of the molecule is CC(C)N(C)CC1(NI)COC1. The minimum atomic E-state index is 0.208. The molecule has 0 atom stereocenters. The molecule has 1 heterocycles. The van der Waals surface area contributed by atoms with Gasteiger partial charge in [0.15, 0.2) is 0 Å². The Hall–Kier alpha value is 0.610. The average molecular weight is 284 g/mol. The summed E-state index contributed by atoms with van der Waals surface area (Å²) in [4.78, 5) is 2.34. The van der Waals surface area contributed by atoms with Crippen molar-refractivity contribution in [3.05, 3.63) is 0 Å². The molecule has 0 amide bonds. The fraction of sp³-hybridized carbons (Fsp3) is 1.00. The predicted molar refractivity (Wildman–Crippen MR) is 58.5 cm³/mol.